The van der Waals surface area contributed by atoms with E-state index in [1.165, 1.54) is 0 Å². The zero-order valence-corrected chi connectivity index (χ0v) is 9.78. The molecule has 0 aliphatic carbocycles. The molecule has 3 heteroatoms. The van der Waals surface area contributed by atoms with Gasteiger partial charge in [-0.2, -0.15) is 0 Å². The molecule has 0 spiro atoms. The summed E-state index contributed by atoms with van der Waals surface area (Å²) in [5, 5.41) is 9.63. The van der Waals surface area contributed by atoms with E-state index in [0.29, 0.717) is 5.75 Å². The molecular formula is C12H18N2O. The molecule has 0 atom stereocenters. The first-order valence-corrected chi connectivity index (χ1v) is 5.07. The molecule has 15 heavy (non-hydrogen) atoms. The second-order valence-corrected chi connectivity index (χ2v) is 3.83. The van der Waals surface area contributed by atoms with E-state index in [2.05, 4.69) is 4.99 Å². The van der Waals surface area contributed by atoms with Gasteiger partial charge in [0.2, 0.25) is 0 Å². The Morgan fingerprint density at radius 2 is 2.07 bits per heavy atom. The van der Waals surface area contributed by atoms with E-state index >= 15 is 0 Å². The van der Waals surface area contributed by atoms with Gasteiger partial charge in [0.15, 0.2) is 0 Å². The number of benzene rings is 1. The van der Waals surface area contributed by atoms with Gasteiger partial charge in [-0.3, -0.25) is 0 Å². The molecule has 3 nitrogen and oxygen atoms in total. The van der Waals surface area contributed by atoms with Crippen LogP contribution >= 0.6 is 0 Å². The second kappa shape index (κ2) is 4.82. The van der Waals surface area contributed by atoms with Crippen LogP contribution in [0.5, 0.6) is 5.75 Å². The van der Waals surface area contributed by atoms with Gasteiger partial charge in [-0.05, 0) is 36.6 Å². The number of phenolic OH excluding ortho intramolecular Hbond substituents is 1. The second-order valence-electron chi connectivity index (χ2n) is 3.83. The summed E-state index contributed by atoms with van der Waals surface area (Å²) in [6.07, 6.45) is 2.58. The lowest BCUT2D eigenvalue weighted by Crippen LogP contribution is -2.07. The van der Waals surface area contributed by atoms with Gasteiger partial charge in [0.25, 0.3) is 0 Å². The molecule has 0 amide bonds. The highest BCUT2D eigenvalue weighted by Crippen LogP contribution is 2.27. The average molecular weight is 206 g/mol. The van der Waals surface area contributed by atoms with Gasteiger partial charge in [0.05, 0.1) is 12.0 Å². The van der Waals surface area contributed by atoms with Crippen LogP contribution in [-0.4, -0.2) is 30.4 Å². The lowest BCUT2D eigenvalue weighted by atomic mass is 10.1. The van der Waals surface area contributed by atoms with Crippen LogP contribution in [0.1, 0.15) is 18.1 Å². The van der Waals surface area contributed by atoms with Gasteiger partial charge in [0, 0.05) is 14.1 Å². The van der Waals surface area contributed by atoms with Crippen molar-refractivity contribution in [2.24, 2.45) is 4.99 Å². The third kappa shape index (κ3) is 2.98. The van der Waals surface area contributed by atoms with Crippen LogP contribution in [0.4, 0.5) is 5.69 Å². The van der Waals surface area contributed by atoms with Gasteiger partial charge in [0.1, 0.15) is 5.75 Å². The van der Waals surface area contributed by atoms with Crippen LogP contribution in [0.2, 0.25) is 0 Å². The summed E-state index contributed by atoms with van der Waals surface area (Å²) in [7, 11) is 3.86. The average Bonchev–Trinajstić information content (AvgIpc) is 2.16. The predicted molar refractivity (Wildman–Crippen MR) is 64.1 cm³/mol. The standard InChI is InChI=1S/C12H18N2O/c1-5-10-7-11(13-8-14(3)4)9(2)6-12(10)15/h6-8,15H,5H2,1-4H3. The Morgan fingerprint density at radius 3 is 2.60 bits per heavy atom. The van der Waals surface area contributed by atoms with Crippen molar-refractivity contribution in [2.45, 2.75) is 20.3 Å². The van der Waals surface area contributed by atoms with Gasteiger partial charge >= 0.3 is 0 Å². The summed E-state index contributed by atoms with van der Waals surface area (Å²) in [4.78, 5) is 6.23. The van der Waals surface area contributed by atoms with Crippen molar-refractivity contribution in [1.29, 1.82) is 0 Å². The lowest BCUT2D eigenvalue weighted by Gasteiger charge is -2.08. The van der Waals surface area contributed by atoms with Gasteiger partial charge in [-0.25, -0.2) is 4.99 Å². The first-order chi connectivity index (χ1) is 7.04. The molecular weight excluding hydrogens is 188 g/mol. The van der Waals surface area contributed by atoms with E-state index in [0.717, 1.165) is 23.2 Å². The fraction of sp³-hybridized carbons (Fsp3) is 0.417. The molecule has 1 rings (SSSR count). The molecule has 1 aromatic rings. The van der Waals surface area contributed by atoms with E-state index in [1.54, 1.807) is 12.4 Å². The van der Waals surface area contributed by atoms with Crippen molar-refractivity contribution in [2.75, 3.05) is 14.1 Å². The SMILES string of the molecule is CCc1cc(N=CN(C)C)c(C)cc1O. The molecule has 0 fully saturated rings. The Bertz CT molecular complexity index is 370. The summed E-state index contributed by atoms with van der Waals surface area (Å²) in [6.45, 7) is 3.96. The highest BCUT2D eigenvalue weighted by atomic mass is 16.3. The van der Waals surface area contributed by atoms with E-state index in [1.807, 2.05) is 38.9 Å². The molecule has 0 bridgehead atoms. The molecule has 0 heterocycles. The van der Waals surface area contributed by atoms with Crippen LogP contribution in [-0.2, 0) is 6.42 Å². The molecule has 0 saturated carbocycles. The summed E-state index contributed by atoms with van der Waals surface area (Å²) in [6, 6.07) is 3.70. The number of aromatic hydroxyl groups is 1. The molecule has 0 unspecified atom stereocenters. The topological polar surface area (TPSA) is 35.8 Å². The van der Waals surface area contributed by atoms with Crippen LogP contribution in [0.15, 0.2) is 17.1 Å². The Hall–Kier alpha value is -1.51. The Kier molecular flexibility index (Phi) is 3.72. The van der Waals surface area contributed by atoms with Crippen molar-refractivity contribution < 1.29 is 5.11 Å². The lowest BCUT2D eigenvalue weighted by molar-refractivity contribution is 0.468. The molecule has 82 valence electrons. The first-order valence-electron chi connectivity index (χ1n) is 5.07. The number of aryl methyl sites for hydroxylation is 2. The van der Waals surface area contributed by atoms with Crippen LogP contribution in [0.25, 0.3) is 0 Å². The Morgan fingerprint density at radius 1 is 1.40 bits per heavy atom. The fourth-order valence-electron chi connectivity index (χ4n) is 1.32. The summed E-state index contributed by atoms with van der Waals surface area (Å²) in [5.41, 5.74) is 2.84. The van der Waals surface area contributed by atoms with E-state index in [-0.39, 0.29) is 0 Å². The molecule has 1 aromatic carbocycles. The van der Waals surface area contributed by atoms with Crippen molar-refractivity contribution in [3.8, 4) is 5.75 Å². The maximum atomic E-state index is 9.63. The summed E-state index contributed by atoms with van der Waals surface area (Å²) < 4.78 is 0. The van der Waals surface area contributed by atoms with Crippen LogP contribution in [0.3, 0.4) is 0 Å². The van der Waals surface area contributed by atoms with E-state index in [9.17, 15) is 5.11 Å². The number of nitrogens with zero attached hydrogens (tertiary/aromatic N) is 2. The first kappa shape index (κ1) is 11.6. The van der Waals surface area contributed by atoms with Gasteiger partial charge in [-0.1, -0.05) is 6.92 Å². The van der Waals surface area contributed by atoms with Crippen LogP contribution < -0.4 is 0 Å². The molecule has 1 N–H and O–H groups in total. The number of rotatable bonds is 3. The van der Waals surface area contributed by atoms with Crippen molar-refractivity contribution in [1.82, 2.24) is 4.90 Å². The minimum atomic E-state index is 0.360. The number of hydrogen-bond acceptors (Lipinski definition) is 2. The van der Waals surface area contributed by atoms with E-state index in [4.69, 9.17) is 0 Å². The zero-order valence-electron chi connectivity index (χ0n) is 9.78. The van der Waals surface area contributed by atoms with Crippen molar-refractivity contribution in [3.63, 3.8) is 0 Å². The maximum Gasteiger partial charge on any atom is 0.119 e. The number of hydrogen-bond donors (Lipinski definition) is 1. The highest BCUT2D eigenvalue weighted by Gasteiger charge is 2.03. The predicted octanol–water partition coefficient (Wildman–Crippen LogP) is 2.48. The molecule has 0 aliphatic rings. The number of phenols is 1. The third-order valence-electron chi connectivity index (χ3n) is 2.21. The molecule has 0 aromatic heterocycles. The van der Waals surface area contributed by atoms with Crippen molar-refractivity contribution in [3.05, 3.63) is 23.3 Å². The third-order valence-corrected chi connectivity index (χ3v) is 2.21. The summed E-state index contributed by atoms with van der Waals surface area (Å²) in [5.74, 6) is 0.360. The monoisotopic (exact) mass is 206 g/mol. The van der Waals surface area contributed by atoms with Crippen LogP contribution in [0, 0.1) is 6.92 Å². The van der Waals surface area contributed by atoms with Crippen molar-refractivity contribution >= 4 is 12.0 Å². The summed E-state index contributed by atoms with van der Waals surface area (Å²) >= 11 is 0. The quantitative estimate of drug-likeness (QED) is 0.609. The van der Waals surface area contributed by atoms with Gasteiger partial charge < -0.3 is 10.0 Å². The molecule has 0 aliphatic heterocycles. The Labute approximate surface area is 91.1 Å². The number of aliphatic imine (C=N–C) groups is 1. The van der Waals surface area contributed by atoms with Gasteiger partial charge in [-0.15, -0.1) is 0 Å². The largest absolute Gasteiger partial charge is 0.508 e. The minimum absolute atomic E-state index is 0.360. The maximum absolute atomic E-state index is 9.63. The zero-order chi connectivity index (χ0) is 11.4. The molecule has 0 radical (unpaired) electrons. The minimum Gasteiger partial charge on any atom is -0.508 e. The van der Waals surface area contributed by atoms with E-state index < -0.39 is 0 Å². The molecule has 0 saturated heterocycles. The fourth-order valence-corrected chi connectivity index (χ4v) is 1.32. The normalized spacial score (nSPS) is 10.9. The Balaban J connectivity index is 3.07. The smallest absolute Gasteiger partial charge is 0.119 e. The highest BCUT2D eigenvalue weighted by molar-refractivity contribution is 5.64.